The quantitative estimate of drug-likeness (QED) is 0.0231. The van der Waals surface area contributed by atoms with Crippen molar-refractivity contribution >= 4 is 11.9 Å². The Morgan fingerprint density at radius 2 is 0.773 bits per heavy atom. The van der Waals surface area contributed by atoms with Crippen molar-refractivity contribution in [1.29, 1.82) is 0 Å². The lowest BCUT2D eigenvalue weighted by Crippen LogP contribution is -2.61. The van der Waals surface area contributed by atoms with Crippen LogP contribution in [0.3, 0.4) is 0 Å². The number of hydrogen-bond donors (Lipinski definition) is 7. The molecule has 0 aromatic heterocycles. The number of unbranched alkanes of at least 4 members (excludes halogenated alkanes) is 28. The molecule has 2 aliphatic heterocycles. The van der Waals surface area contributed by atoms with Crippen LogP contribution in [-0.2, 0) is 38.0 Å². The van der Waals surface area contributed by atoms with Crippen LogP contribution in [0, 0.1) is 0 Å². The van der Waals surface area contributed by atoms with Gasteiger partial charge in [0.1, 0.15) is 55.4 Å². The van der Waals surface area contributed by atoms with Gasteiger partial charge in [-0.05, 0) is 12.8 Å². The lowest BCUT2D eigenvalue weighted by atomic mass is 9.98. The zero-order chi connectivity index (χ0) is 48.2. The number of hydrogen-bond acceptors (Lipinski definition) is 15. The van der Waals surface area contributed by atoms with E-state index in [0.717, 1.165) is 38.5 Å². The van der Waals surface area contributed by atoms with Crippen LogP contribution in [-0.4, -0.2) is 142 Å². The molecule has 66 heavy (non-hydrogen) atoms. The van der Waals surface area contributed by atoms with E-state index in [9.17, 15) is 45.3 Å². The van der Waals surface area contributed by atoms with E-state index in [1.54, 1.807) is 0 Å². The number of rotatable bonds is 42. The van der Waals surface area contributed by atoms with Crippen LogP contribution in [0.4, 0.5) is 0 Å². The Bertz CT molecular complexity index is 1160. The molecule has 0 amide bonds. The summed E-state index contributed by atoms with van der Waals surface area (Å²) in [5, 5.41) is 71.9. The molecule has 0 aromatic rings. The van der Waals surface area contributed by atoms with Crippen molar-refractivity contribution in [1.82, 2.24) is 0 Å². The van der Waals surface area contributed by atoms with Crippen LogP contribution >= 0.6 is 0 Å². The van der Waals surface area contributed by atoms with Gasteiger partial charge in [0, 0.05) is 12.8 Å². The minimum Gasteiger partial charge on any atom is -0.462 e. The van der Waals surface area contributed by atoms with Crippen molar-refractivity contribution in [2.75, 3.05) is 26.4 Å². The van der Waals surface area contributed by atoms with Gasteiger partial charge >= 0.3 is 11.9 Å². The third kappa shape index (κ3) is 27.0. The maximum atomic E-state index is 12.9. The van der Waals surface area contributed by atoms with Gasteiger partial charge in [0.05, 0.1) is 19.8 Å². The Hall–Kier alpha value is -1.50. The van der Waals surface area contributed by atoms with Crippen molar-refractivity contribution in [3.8, 4) is 0 Å². The van der Waals surface area contributed by atoms with E-state index in [2.05, 4.69) is 13.8 Å². The maximum absolute atomic E-state index is 12.9. The van der Waals surface area contributed by atoms with Gasteiger partial charge in [-0.2, -0.15) is 0 Å². The Kier molecular flexibility index (Phi) is 36.0. The van der Waals surface area contributed by atoms with Gasteiger partial charge < -0.3 is 64.2 Å². The van der Waals surface area contributed by atoms with E-state index >= 15 is 0 Å². The molecule has 0 spiro atoms. The highest BCUT2D eigenvalue weighted by atomic mass is 16.7. The van der Waals surface area contributed by atoms with E-state index in [1.165, 1.54) is 141 Å². The first kappa shape index (κ1) is 60.6. The van der Waals surface area contributed by atoms with E-state index in [-0.39, 0.29) is 26.1 Å². The summed E-state index contributed by atoms with van der Waals surface area (Å²) in [4.78, 5) is 25.6. The monoisotopic (exact) mass is 949 g/mol. The van der Waals surface area contributed by atoms with Gasteiger partial charge in [0.25, 0.3) is 0 Å². The number of carbonyl (C=O) groups excluding carboxylic acids is 2. The predicted octanol–water partition coefficient (Wildman–Crippen LogP) is 7.61. The van der Waals surface area contributed by atoms with E-state index in [1.807, 2.05) is 0 Å². The number of aliphatic hydroxyl groups excluding tert-OH is 7. The molecular formula is C51H96O15. The third-order valence-corrected chi connectivity index (χ3v) is 13.1. The summed E-state index contributed by atoms with van der Waals surface area (Å²) in [5.74, 6) is -0.915. The SMILES string of the molecule is CCCCCCCCCCCCCCCCCCCCCCCCC(=O)OC[C@@H](CO[C@@H]1O[C@H](CO[C@@H]2O[C@H](CO)[C@H](O)C(O)C2O)[C@H](O)C(O)C1O)OC(=O)CCCCCCCCCC. The van der Waals surface area contributed by atoms with Crippen molar-refractivity contribution in [2.45, 2.75) is 287 Å². The highest BCUT2D eigenvalue weighted by molar-refractivity contribution is 5.70. The van der Waals surface area contributed by atoms with E-state index < -0.39 is 92.7 Å². The molecule has 7 N–H and O–H groups in total. The molecule has 2 aliphatic rings. The molecule has 15 heteroatoms. The maximum Gasteiger partial charge on any atom is 0.306 e. The van der Waals surface area contributed by atoms with Crippen LogP contribution in [0.2, 0.25) is 0 Å². The van der Waals surface area contributed by atoms with Crippen LogP contribution in [0.25, 0.3) is 0 Å². The van der Waals surface area contributed by atoms with Crippen molar-refractivity contribution < 1.29 is 73.8 Å². The van der Waals surface area contributed by atoms with Crippen LogP contribution < -0.4 is 0 Å². The fourth-order valence-corrected chi connectivity index (χ4v) is 8.69. The topological polar surface area (TPSA) is 231 Å². The Morgan fingerprint density at radius 1 is 0.424 bits per heavy atom. The summed E-state index contributed by atoms with van der Waals surface area (Å²) >= 11 is 0. The van der Waals surface area contributed by atoms with Crippen LogP contribution in [0.1, 0.15) is 219 Å². The zero-order valence-corrected chi connectivity index (χ0v) is 41.2. The minimum atomic E-state index is -1.76. The molecular weight excluding hydrogens is 853 g/mol. The largest absolute Gasteiger partial charge is 0.462 e. The van der Waals surface area contributed by atoms with Gasteiger partial charge in [0.2, 0.25) is 0 Å². The van der Waals surface area contributed by atoms with Gasteiger partial charge in [-0.25, -0.2) is 0 Å². The highest BCUT2D eigenvalue weighted by Crippen LogP contribution is 2.27. The standard InChI is InChI=1S/C51H96O15/c1-3-5-7-9-11-13-14-15-16-17-18-19-20-21-22-23-24-25-26-28-29-31-33-42(53)61-36-39(64-43(54)34-32-30-27-12-10-8-6-4-2)37-62-50-49(60)47(58)45(56)41(66-50)38-63-51-48(59)46(57)44(55)40(35-52)65-51/h39-41,44-52,55-60H,3-38H2,1-2H3/t39-,40+,41+,44-,45-,46?,47?,48?,49?,50+,51+/m0/s1. The number of aliphatic hydroxyl groups is 7. The first-order chi connectivity index (χ1) is 32.0. The smallest absolute Gasteiger partial charge is 0.306 e. The van der Waals surface area contributed by atoms with Gasteiger partial charge in [0.15, 0.2) is 18.7 Å². The second kappa shape index (κ2) is 39.2. The molecule has 0 radical (unpaired) electrons. The first-order valence-corrected chi connectivity index (χ1v) is 26.6. The molecule has 2 rings (SSSR count). The summed E-state index contributed by atoms with van der Waals surface area (Å²) in [7, 11) is 0. The van der Waals surface area contributed by atoms with Gasteiger partial charge in [-0.1, -0.05) is 194 Å². The van der Waals surface area contributed by atoms with Crippen molar-refractivity contribution in [3.05, 3.63) is 0 Å². The summed E-state index contributed by atoms with van der Waals surface area (Å²) in [6, 6.07) is 0. The summed E-state index contributed by atoms with van der Waals surface area (Å²) in [6.07, 6.45) is 20.2. The second-order valence-corrected chi connectivity index (χ2v) is 19.1. The van der Waals surface area contributed by atoms with Gasteiger partial charge in [-0.3, -0.25) is 9.59 Å². The molecule has 0 aromatic carbocycles. The van der Waals surface area contributed by atoms with Crippen molar-refractivity contribution in [2.24, 2.45) is 0 Å². The van der Waals surface area contributed by atoms with Crippen molar-refractivity contribution in [3.63, 3.8) is 0 Å². The summed E-state index contributed by atoms with van der Waals surface area (Å²) in [6.45, 7) is 2.58. The Morgan fingerprint density at radius 3 is 1.18 bits per heavy atom. The minimum absolute atomic E-state index is 0.170. The molecule has 0 saturated carbocycles. The molecule has 2 fully saturated rings. The third-order valence-electron chi connectivity index (χ3n) is 13.1. The second-order valence-electron chi connectivity index (χ2n) is 19.1. The average Bonchev–Trinajstić information content (AvgIpc) is 3.31. The Balaban J connectivity index is 1.70. The molecule has 4 unspecified atom stereocenters. The molecule has 2 saturated heterocycles. The predicted molar refractivity (Wildman–Crippen MR) is 252 cm³/mol. The molecule has 0 bridgehead atoms. The van der Waals surface area contributed by atoms with E-state index in [4.69, 9.17) is 28.4 Å². The number of ether oxygens (including phenoxy) is 6. The summed E-state index contributed by atoms with van der Waals surface area (Å²) < 4.78 is 33.5. The fraction of sp³-hybridized carbons (Fsp3) is 0.961. The number of carbonyl (C=O) groups is 2. The molecule has 11 atom stereocenters. The molecule has 15 nitrogen and oxygen atoms in total. The lowest BCUT2D eigenvalue weighted by molar-refractivity contribution is -0.332. The van der Waals surface area contributed by atoms with E-state index in [0.29, 0.717) is 12.8 Å². The Labute approximate surface area is 398 Å². The normalized spacial score (nSPS) is 26.1. The number of esters is 2. The zero-order valence-electron chi connectivity index (χ0n) is 41.2. The first-order valence-electron chi connectivity index (χ1n) is 26.6. The molecule has 390 valence electrons. The summed E-state index contributed by atoms with van der Waals surface area (Å²) in [5.41, 5.74) is 0. The molecule has 2 heterocycles. The molecule has 0 aliphatic carbocycles. The lowest BCUT2D eigenvalue weighted by Gasteiger charge is -2.42. The fourth-order valence-electron chi connectivity index (χ4n) is 8.69. The highest BCUT2D eigenvalue weighted by Gasteiger charge is 2.47. The van der Waals surface area contributed by atoms with Crippen LogP contribution in [0.5, 0.6) is 0 Å². The average molecular weight is 949 g/mol. The van der Waals surface area contributed by atoms with Crippen LogP contribution in [0.15, 0.2) is 0 Å². The van der Waals surface area contributed by atoms with Gasteiger partial charge in [-0.15, -0.1) is 0 Å².